The molecule has 9 nitrogen and oxygen atoms in total. The average Bonchev–Trinajstić information content (AvgIpc) is 3.46. The minimum Gasteiger partial charge on any atom is -0.480 e. The van der Waals surface area contributed by atoms with Crippen LogP contribution >= 0.6 is 0 Å². The molecule has 1 aliphatic heterocycles. The van der Waals surface area contributed by atoms with Crippen molar-refractivity contribution in [2.24, 2.45) is 11.3 Å². The van der Waals surface area contributed by atoms with E-state index in [0.29, 0.717) is 37.4 Å². The SMILES string of the molecule is CCN1CCC2(CC1)C[C@@H]2C(=O)N[C@@H](CCCCCC(O)(O)CC)c1ncc(-c2cc3ccccc3nc2OC)[nH]1. The van der Waals surface area contributed by atoms with Crippen LogP contribution in [0, 0.1) is 11.3 Å². The van der Waals surface area contributed by atoms with E-state index < -0.39 is 5.79 Å². The van der Waals surface area contributed by atoms with E-state index >= 15 is 0 Å². The van der Waals surface area contributed by atoms with Crippen molar-refractivity contribution in [1.82, 2.24) is 25.2 Å². The van der Waals surface area contributed by atoms with Gasteiger partial charge in [-0.15, -0.1) is 0 Å². The lowest BCUT2D eigenvalue weighted by Crippen LogP contribution is -2.37. The summed E-state index contributed by atoms with van der Waals surface area (Å²) in [5.74, 6) is -0.184. The van der Waals surface area contributed by atoms with Crippen LogP contribution in [0.15, 0.2) is 36.5 Å². The van der Waals surface area contributed by atoms with Crippen LogP contribution in [0.25, 0.3) is 22.2 Å². The summed E-state index contributed by atoms with van der Waals surface area (Å²) in [6.45, 7) is 7.18. The summed E-state index contributed by atoms with van der Waals surface area (Å²) in [5.41, 5.74) is 2.63. The number of nitrogens with zero attached hydrogens (tertiary/aromatic N) is 3. The molecule has 222 valence electrons. The number of likely N-dealkylation sites (tertiary alicyclic amines) is 1. The number of carbonyl (C=O) groups is 1. The normalized spacial score (nSPS) is 19.4. The van der Waals surface area contributed by atoms with Gasteiger partial charge in [0.15, 0.2) is 5.79 Å². The summed E-state index contributed by atoms with van der Waals surface area (Å²) in [6, 6.07) is 9.71. The van der Waals surface area contributed by atoms with Crippen molar-refractivity contribution in [3.8, 4) is 17.1 Å². The summed E-state index contributed by atoms with van der Waals surface area (Å²) in [6.07, 6.45) is 8.69. The minimum atomic E-state index is -1.61. The van der Waals surface area contributed by atoms with Gasteiger partial charge in [-0.05, 0) is 75.7 Å². The van der Waals surface area contributed by atoms with Crippen molar-refractivity contribution in [3.63, 3.8) is 0 Å². The Balaban J connectivity index is 1.31. The number of nitrogens with one attached hydrogen (secondary N) is 2. The molecule has 1 spiro atoms. The molecule has 3 heterocycles. The second kappa shape index (κ2) is 12.5. The molecular weight excluding hydrogens is 518 g/mol. The number of hydrogen-bond donors (Lipinski definition) is 4. The summed E-state index contributed by atoms with van der Waals surface area (Å²) in [4.78, 5) is 28.9. The second-order valence-electron chi connectivity index (χ2n) is 12.0. The zero-order valence-corrected chi connectivity index (χ0v) is 24.7. The van der Waals surface area contributed by atoms with E-state index in [1.54, 1.807) is 20.2 Å². The molecule has 1 amide bonds. The zero-order valence-electron chi connectivity index (χ0n) is 24.7. The topological polar surface area (TPSA) is 124 Å². The van der Waals surface area contributed by atoms with Gasteiger partial charge >= 0.3 is 0 Å². The van der Waals surface area contributed by atoms with Crippen molar-refractivity contribution in [2.75, 3.05) is 26.7 Å². The van der Waals surface area contributed by atoms with Gasteiger partial charge in [0.2, 0.25) is 11.8 Å². The standard InChI is InChI=1S/C32H45N5O4/c1-4-32(39,40)14-10-6-7-13-26(35-29(38)24-20-31(24)15-17-37(5-2)18-16-31)28-33-21-27(34-28)23-19-22-11-8-9-12-25(22)36-30(23)41-3/h8-9,11-12,19,21,24,26,39-40H,4-7,10,13-18,20H2,1-3H3,(H,33,34)(H,35,38)/t24-,26+/m1/s1. The molecule has 9 heteroatoms. The third-order valence-electron chi connectivity index (χ3n) is 9.36. The third-order valence-corrected chi connectivity index (χ3v) is 9.36. The maximum absolute atomic E-state index is 13.5. The molecule has 2 aliphatic rings. The van der Waals surface area contributed by atoms with Gasteiger partial charge in [0, 0.05) is 17.7 Å². The van der Waals surface area contributed by atoms with Crippen LogP contribution in [0.2, 0.25) is 0 Å². The van der Waals surface area contributed by atoms with E-state index in [4.69, 9.17) is 9.72 Å². The Kier molecular flexibility index (Phi) is 8.97. The number of ether oxygens (including phenoxy) is 1. The predicted molar refractivity (Wildman–Crippen MR) is 159 cm³/mol. The molecular formula is C32H45N5O4. The van der Waals surface area contributed by atoms with Crippen molar-refractivity contribution < 1.29 is 19.7 Å². The van der Waals surface area contributed by atoms with Crippen LogP contribution < -0.4 is 10.1 Å². The number of aromatic amines is 1. The predicted octanol–water partition coefficient (Wildman–Crippen LogP) is 4.95. The molecule has 4 N–H and O–H groups in total. The molecule has 1 saturated carbocycles. The molecule has 3 aromatic rings. The number of hydrogen-bond acceptors (Lipinski definition) is 7. The number of aliphatic hydroxyl groups is 2. The van der Waals surface area contributed by atoms with Crippen molar-refractivity contribution in [1.29, 1.82) is 0 Å². The first-order valence-electron chi connectivity index (χ1n) is 15.2. The maximum Gasteiger partial charge on any atom is 0.224 e. The quantitative estimate of drug-likeness (QED) is 0.171. The summed E-state index contributed by atoms with van der Waals surface area (Å²) >= 11 is 0. The highest BCUT2D eigenvalue weighted by Crippen LogP contribution is 2.59. The fourth-order valence-electron chi connectivity index (χ4n) is 6.34. The maximum atomic E-state index is 13.5. The Morgan fingerprint density at radius 1 is 1.22 bits per heavy atom. The second-order valence-corrected chi connectivity index (χ2v) is 12.0. The number of imidazole rings is 1. The van der Waals surface area contributed by atoms with Gasteiger partial charge < -0.3 is 30.2 Å². The third kappa shape index (κ3) is 6.74. The number of pyridine rings is 1. The number of benzene rings is 1. The summed E-state index contributed by atoms with van der Waals surface area (Å²) < 4.78 is 5.62. The largest absolute Gasteiger partial charge is 0.480 e. The molecule has 0 unspecified atom stereocenters. The van der Waals surface area contributed by atoms with E-state index in [0.717, 1.165) is 73.9 Å². The first-order chi connectivity index (χ1) is 19.8. The molecule has 5 rings (SSSR count). The van der Waals surface area contributed by atoms with Crippen molar-refractivity contribution in [3.05, 3.63) is 42.4 Å². The Morgan fingerprint density at radius 3 is 2.73 bits per heavy atom. The van der Waals surface area contributed by atoms with Gasteiger partial charge in [-0.3, -0.25) is 4.79 Å². The van der Waals surface area contributed by atoms with Crippen LogP contribution in [0.3, 0.4) is 0 Å². The number of unbranched alkanes of at least 4 members (excludes halogenated alkanes) is 2. The van der Waals surface area contributed by atoms with Crippen LogP contribution in [-0.2, 0) is 4.79 Å². The molecule has 2 fully saturated rings. The van der Waals surface area contributed by atoms with E-state index in [2.05, 4.69) is 27.1 Å². The molecule has 0 radical (unpaired) electrons. The monoisotopic (exact) mass is 563 g/mol. The molecule has 1 saturated heterocycles. The van der Waals surface area contributed by atoms with Crippen LogP contribution in [-0.4, -0.2) is 68.5 Å². The average molecular weight is 564 g/mol. The highest BCUT2D eigenvalue weighted by molar-refractivity contribution is 5.85. The molecule has 2 aromatic heterocycles. The molecule has 2 atom stereocenters. The van der Waals surface area contributed by atoms with E-state index in [9.17, 15) is 15.0 Å². The number of methoxy groups -OCH3 is 1. The first kappa shape index (κ1) is 29.5. The van der Waals surface area contributed by atoms with Crippen LogP contribution in [0.1, 0.15) is 83.5 Å². The lowest BCUT2D eigenvalue weighted by atomic mass is 9.90. The Bertz CT molecular complexity index is 1330. The molecule has 1 aromatic carbocycles. The van der Waals surface area contributed by atoms with Crippen molar-refractivity contribution >= 4 is 16.8 Å². The first-order valence-corrected chi connectivity index (χ1v) is 15.2. The number of H-pyrrole nitrogens is 1. The fraction of sp³-hybridized carbons (Fsp3) is 0.594. The lowest BCUT2D eigenvalue weighted by molar-refractivity contribution is -0.167. The smallest absolute Gasteiger partial charge is 0.224 e. The minimum absolute atomic E-state index is 0.0668. The fourth-order valence-corrected chi connectivity index (χ4v) is 6.34. The highest BCUT2D eigenvalue weighted by atomic mass is 16.5. The van der Waals surface area contributed by atoms with Gasteiger partial charge in [-0.25, -0.2) is 9.97 Å². The molecule has 0 bridgehead atoms. The summed E-state index contributed by atoms with van der Waals surface area (Å²) in [7, 11) is 1.61. The van der Waals surface area contributed by atoms with Gasteiger partial charge in [-0.1, -0.05) is 44.9 Å². The van der Waals surface area contributed by atoms with Gasteiger partial charge in [-0.2, -0.15) is 0 Å². The van der Waals surface area contributed by atoms with Crippen molar-refractivity contribution in [2.45, 2.75) is 83.5 Å². The molecule has 41 heavy (non-hydrogen) atoms. The van der Waals surface area contributed by atoms with Gasteiger partial charge in [0.1, 0.15) is 5.82 Å². The van der Waals surface area contributed by atoms with E-state index in [-0.39, 0.29) is 23.3 Å². The number of para-hydroxylation sites is 1. The number of carbonyl (C=O) groups excluding carboxylic acids is 1. The number of fused-ring (bicyclic) bond motifs is 1. The van der Waals surface area contributed by atoms with E-state index in [1.807, 2.05) is 30.3 Å². The Morgan fingerprint density at radius 2 is 2.00 bits per heavy atom. The number of aromatic nitrogens is 3. The van der Waals surface area contributed by atoms with Crippen LogP contribution in [0.5, 0.6) is 5.88 Å². The lowest BCUT2D eigenvalue weighted by Gasteiger charge is -2.32. The van der Waals surface area contributed by atoms with Gasteiger partial charge in [0.25, 0.3) is 0 Å². The summed E-state index contributed by atoms with van der Waals surface area (Å²) in [5, 5.41) is 24.2. The Hall–Kier alpha value is -3.01. The van der Waals surface area contributed by atoms with E-state index in [1.165, 1.54) is 0 Å². The Labute approximate surface area is 242 Å². The number of amides is 1. The van der Waals surface area contributed by atoms with Crippen LogP contribution in [0.4, 0.5) is 0 Å². The number of piperidine rings is 1. The number of rotatable bonds is 13. The zero-order chi connectivity index (χ0) is 29.0. The molecule has 1 aliphatic carbocycles. The highest BCUT2D eigenvalue weighted by Gasteiger charge is 2.58. The van der Waals surface area contributed by atoms with Gasteiger partial charge in [0.05, 0.1) is 36.1 Å².